The first-order valence-electron chi connectivity index (χ1n) is 10.1. The molecule has 8 nitrogen and oxygen atoms in total. The molecule has 4 rings (SSSR count). The summed E-state index contributed by atoms with van der Waals surface area (Å²) in [6.07, 6.45) is 4.98. The Hall–Kier alpha value is -3.16. The van der Waals surface area contributed by atoms with Gasteiger partial charge in [0.1, 0.15) is 12.4 Å². The Morgan fingerprint density at radius 1 is 1.24 bits per heavy atom. The van der Waals surface area contributed by atoms with Crippen LogP contribution in [0.1, 0.15) is 32.3 Å². The zero-order chi connectivity index (χ0) is 20.4. The number of fused-ring (bicyclic) bond motifs is 1. The first-order chi connectivity index (χ1) is 14.0. The summed E-state index contributed by atoms with van der Waals surface area (Å²) in [4.78, 5) is 31.7. The topological polar surface area (TPSA) is 84.5 Å². The van der Waals surface area contributed by atoms with Crippen LogP contribution in [0.2, 0.25) is 0 Å². The molecular formula is C21H26N6O2. The van der Waals surface area contributed by atoms with E-state index in [-0.39, 0.29) is 18.1 Å². The molecule has 1 atom stereocenters. The van der Waals surface area contributed by atoms with Gasteiger partial charge in [-0.1, -0.05) is 26.0 Å². The Labute approximate surface area is 169 Å². The summed E-state index contributed by atoms with van der Waals surface area (Å²) in [5.41, 5.74) is 1.52. The van der Waals surface area contributed by atoms with Crippen LogP contribution in [0.4, 0.5) is 11.5 Å². The average Bonchev–Trinajstić information content (AvgIpc) is 3.03. The lowest BCUT2D eigenvalue weighted by atomic mass is 10.0. The van der Waals surface area contributed by atoms with E-state index in [2.05, 4.69) is 34.1 Å². The van der Waals surface area contributed by atoms with Gasteiger partial charge in [-0.3, -0.25) is 4.79 Å². The van der Waals surface area contributed by atoms with Gasteiger partial charge in [-0.15, -0.1) is 5.10 Å². The Morgan fingerprint density at radius 3 is 2.76 bits per heavy atom. The molecule has 2 aromatic heterocycles. The molecule has 152 valence electrons. The Balaban J connectivity index is 1.50. The molecule has 1 aromatic carbocycles. The van der Waals surface area contributed by atoms with E-state index in [1.165, 1.54) is 16.4 Å². The van der Waals surface area contributed by atoms with Gasteiger partial charge in [-0.05, 0) is 48.9 Å². The fraction of sp³-hybridized carbons (Fsp3) is 0.429. The minimum absolute atomic E-state index is 0.159. The lowest BCUT2D eigenvalue weighted by molar-refractivity contribution is -0.117. The van der Waals surface area contributed by atoms with Crippen molar-refractivity contribution in [3.8, 4) is 0 Å². The van der Waals surface area contributed by atoms with Gasteiger partial charge in [0.15, 0.2) is 0 Å². The highest BCUT2D eigenvalue weighted by Gasteiger charge is 2.19. The minimum atomic E-state index is -0.373. The van der Waals surface area contributed by atoms with Crippen molar-refractivity contribution in [2.75, 3.05) is 23.3 Å². The second kappa shape index (κ2) is 8.06. The van der Waals surface area contributed by atoms with Gasteiger partial charge in [0.2, 0.25) is 5.91 Å². The molecule has 0 aliphatic carbocycles. The molecular weight excluding hydrogens is 368 g/mol. The van der Waals surface area contributed by atoms with Crippen molar-refractivity contribution in [3.05, 3.63) is 52.6 Å². The van der Waals surface area contributed by atoms with Crippen LogP contribution < -0.4 is 15.9 Å². The molecule has 8 heteroatoms. The second-order valence-corrected chi connectivity index (χ2v) is 7.69. The maximum absolute atomic E-state index is 12.6. The number of aryl methyl sites for hydroxylation is 1. The van der Waals surface area contributed by atoms with E-state index in [0.29, 0.717) is 17.4 Å². The maximum atomic E-state index is 12.6. The van der Waals surface area contributed by atoms with Crippen LogP contribution in [0.15, 0.2) is 41.3 Å². The predicted octanol–water partition coefficient (Wildman–Crippen LogP) is 2.33. The van der Waals surface area contributed by atoms with Crippen molar-refractivity contribution in [2.24, 2.45) is 5.92 Å². The van der Waals surface area contributed by atoms with Crippen molar-refractivity contribution in [1.29, 1.82) is 0 Å². The summed E-state index contributed by atoms with van der Waals surface area (Å²) < 4.78 is 2.53. The second-order valence-electron chi connectivity index (χ2n) is 7.69. The molecule has 1 fully saturated rings. The molecule has 0 spiro atoms. The molecule has 1 N–H and O–H groups in total. The normalized spacial score (nSPS) is 16.9. The van der Waals surface area contributed by atoms with E-state index >= 15 is 0 Å². The van der Waals surface area contributed by atoms with E-state index in [0.717, 1.165) is 36.4 Å². The van der Waals surface area contributed by atoms with E-state index < -0.39 is 0 Å². The van der Waals surface area contributed by atoms with Crippen molar-refractivity contribution in [1.82, 2.24) is 19.2 Å². The van der Waals surface area contributed by atoms with Crippen LogP contribution in [0, 0.1) is 5.92 Å². The summed E-state index contributed by atoms with van der Waals surface area (Å²) in [5, 5.41) is 7.07. The summed E-state index contributed by atoms with van der Waals surface area (Å²) in [6.45, 7) is 6.06. The third kappa shape index (κ3) is 4.16. The number of aromatic nitrogens is 4. The van der Waals surface area contributed by atoms with Gasteiger partial charge in [0.05, 0.1) is 0 Å². The molecule has 1 aliphatic heterocycles. The fourth-order valence-electron chi connectivity index (χ4n) is 3.73. The summed E-state index contributed by atoms with van der Waals surface area (Å²) in [5.74, 6) is 1.45. The third-order valence-electron chi connectivity index (χ3n) is 5.36. The van der Waals surface area contributed by atoms with Crippen LogP contribution >= 0.6 is 0 Å². The SMILES string of the molecule is CCc1ccc(NC(=O)Cn2nc3nc(N4CCC[C@@H](C)C4)ccn3c2=O)cc1. The number of amides is 1. The van der Waals surface area contributed by atoms with Gasteiger partial charge in [0.25, 0.3) is 5.78 Å². The van der Waals surface area contributed by atoms with Crippen LogP contribution in [0.25, 0.3) is 5.78 Å². The predicted molar refractivity (Wildman–Crippen MR) is 112 cm³/mol. The number of piperidine rings is 1. The van der Waals surface area contributed by atoms with Crippen molar-refractivity contribution < 1.29 is 4.79 Å². The van der Waals surface area contributed by atoms with Crippen LogP contribution in [0.5, 0.6) is 0 Å². The smallest absolute Gasteiger partial charge is 0.352 e. The fourth-order valence-corrected chi connectivity index (χ4v) is 3.73. The van der Waals surface area contributed by atoms with Gasteiger partial charge in [-0.25, -0.2) is 13.9 Å². The Kier molecular flexibility index (Phi) is 5.33. The van der Waals surface area contributed by atoms with Crippen LogP contribution in [-0.2, 0) is 17.8 Å². The van der Waals surface area contributed by atoms with Crippen molar-refractivity contribution in [3.63, 3.8) is 0 Å². The number of nitrogens with zero attached hydrogens (tertiary/aromatic N) is 5. The lowest BCUT2D eigenvalue weighted by Gasteiger charge is -2.31. The molecule has 1 aliphatic rings. The van der Waals surface area contributed by atoms with E-state index in [4.69, 9.17) is 0 Å². The highest BCUT2D eigenvalue weighted by atomic mass is 16.2. The lowest BCUT2D eigenvalue weighted by Crippen LogP contribution is -2.34. The number of anilines is 2. The Morgan fingerprint density at radius 2 is 2.03 bits per heavy atom. The molecule has 1 amide bonds. The molecule has 0 bridgehead atoms. The highest BCUT2D eigenvalue weighted by molar-refractivity contribution is 5.90. The summed E-state index contributed by atoms with van der Waals surface area (Å²) in [7, 11) is 0. The molecule has 3 heterocycles. The molecule has 29 heavy (non-hydrogen) atoms. The maximum Gasteiger partial charge on any atom is 0.352 e. The number of rotatable bonds is 5. The van der Waals surface area contributed by atoms with Gasteiger partial charge in [0, 0.05) is 25.0 Å². The molecule has 0 saturated carbocycles. The van der Waals surface area contributed by atoms with E-state index in [9.17, 15) is 9.59 Å². The van der Waals surface area contributed by atoms with Crippen LogP contribution in [-0.4, -0.2) is 38.2 Å². The first-order valence-corrected chi connectivity index (χ1v) is 10.1. The summed E-state index contributed by atoms with van der Waals surface area (Å²) in [6, 6.07) is 9.50. The van der Waals surface area contributed by atoms with Gasteiger partial charge >= 0.3 is 5.69 Å². The van der Waals surface area contributed by atoms with Gasteiger partial charge in [-0.2, -0.15) is 4.98 Å². The largest absolute Gasteiger partial charge is 0.356 e. The average molecular weight is 394 g/mol. The molecule has 0 radical (unpaired) electrons. The molecule has 0 unspecified atom stereocenters. The number of carbonyl (C=O) groups excluding carboxylic acids is 1. The number of nitrogens with one attached hydrogen (secondary N) is 1. The Bertz CT molecular complexity index is 1070. The zero-order valence-corrected chi connectivity index (χ0v) is 16.8. The quantitative estimate of drug-likeness (QED) is 0.718. The standard InChI is InChI=1S/C21H26N6O2/c1-3-16-6-8-17(9-7-16)22-19(28)14-27-21(29)26-12-10-18(23-20(26)24-27)25-11-4-5-15(2)13-25/h6-10,12,15H,3-5,11,13-14H2,1-2H3,(H,22,28)/t15-/m1/s1. The van der Waals surface area contributed by atoms with E-state index in [1.807, 2.05) is 30.3 Å². The first kappa shape index (κ1) is 19.2. The number of hydrogen-bond acceptors (Lipinski definition) is 5. The highest BCUT2D eigenvalue weighted by Crippen LogP contribution is 2.21. The van der Waals surface area contributed by atoms with E-state index in [1.54, 1.807) is 6.20 Å². The summed E-state index contributed by atoms with van der Waals surface area (Å²) >= 11 is 0. The van der Waals surface area contributed by atoms with Crippen molar-refractivity contribution in [2.45, 2.75) is 39.7 Å². The third-order valence-corrected chi connectivity index (χ3v) is 5.36. The number of hydrogen-bond donors (Lipinski definition) is 1. The van der Waals surface area contributed by atoms with Gasteiger partial charge < -0.3 is 10.2 Å². The molecule has 1 saturated heterocycles. The van der Waals surface area contributed by atoms with Crippen molar-refractivity contribution >= 4 is 23.2 Å². The number of benzene rings is 1. The zero-order valence-electron chi connectivity index (χ0n) is 16.8. The molecule has 3 aromatic rings. The number of carbonyl (C=O) groups is 1. The van der Waals surface area contributed by atoms with Crippen LogP contribution in [0.3, 0.4) is 0 Å². The monoisotopic (exact) mass is 394 g/mol. The minimum Gasteiger partial charge on any atom is -0.356 e.